The molecule has 0 saturated carbocycles. The molecule has 0 aromatic carbocycles. The minimum atomic E-state index is -0.820. The van der Waals surface area contributed by atoms with Gasteiger partial charge in [-0.3, -0.25) is 14.6 Å². The van der Waals surface area contributed by atoms with Gasteiger partial charge in [-0.25, -0.2) is 4.98 Å². The van der Waals surface area contributed by atoms with Crippen molar-refractivity contribution in [2.75, 3.05) is 26.7 Å². The highest BCUT2D eigenvalue weighted by atomic mass is 16.5. The van der Waals surface area contributed by atoms with Crippen molar-refractivity contribution in [2.45, 2.75) is 45.4 Å². The zero-order valence-electron chi connectivity index (χ0n) is 20.5. The first kappa shape index (κ1) is 26.1. The van der Waals surface area contributed by atoms with Crippen LogP contribution in [0, 0.1) is 17.8 Å². The molecule has 0 fully saturated rings. The van der Waals surface area contributed by atoms with E-state index >= 15 is 0 Å². The van der Waals surface area contributed by atoms with Crippen LogP contribution in [-0.4, -0.2) is 86.8 Å². The molecule has 3 rings (SSSR count). The van der Waals surface area contributed by atoms with Crippen molar-refractivity contribution in [1.82, 2.24) is 19.8 Å². The van der Waals surface area contributed by atoms with Gasteiger partial charge in [-0.2, -0.15) is 0 Å². The molecule has 9 nitrogen and oxygen atoms in total. The second-order valence-electron chi connectivity index (χ2n) is 8.92. The lowest BCUT2D eigenvalue weighted by molar-refractivity contribution is -0.130. The topological polar surface area (TPSA) is 116 Å². The van der Waals surface area contributed by atoms with E-state index in [-0.39, 0.29) is 48.7 Å². The number of hydrogen-bond donors (Lipinski definition) is 2. The number of amides is 2. The van der Waals surface area contributed by atoms with Crippen molar-refractivity contribution in [3.8, 4) is 17.7 Å². The average Bonchev–Trinajstić information content (AvgIpc) is 2.84. The maximum Gasteiger partial charge on any atom is 0.259 e. The zero-order chi connectivity index (χ0) is 25.5. The fraction of sp³-hybridized carbons (Fsp3) is 0.462. The van der Waals surface area contributed by atoms with Crippen LogP contribution >= 0.6 is 0 Å². The van der Waals surface area contributed by atoms with Gasteiger partial charge in [0, 0.05) is 43.2 Å². The van der Waals surface area contributed by atoms with Gasteiger partial charge in [0.25, 0.3) is 5.91 Å². The molecule has 0 aliphatic carbocycles. The van der Waals surface area contributed by atoms with Gasteiger partial charge in [0.05, 0.1) is 25.6 Å². The molecule has 3 heterocycles. The number of hydrogen-bond acceptors (Lipinski definition) is 7. The Morgan fingerprint density at radius 1 is 1.34 bits per heavy atom. The van der Waals surface area contributed by atoms with Crippen LogP contribution in [0.4, 0.5) is 0 Å². The van der Waals surface area contributed by atoms with Gasteiger partial charge < -0.3 is 24.7 Å². The number of nitrogens with zero attached hydrogens (tertiary/aromatic N) is 4. The number of pyridine rings is 2. The van der Waals surface area contributed by atoms with E-state index in [4.69, 9.17) is 4.74 Å². The van der Waals surface area contributed by atoms with E-state index in [0.717, 1.165) is 0 Å². The molecule has 0 unspecified atom stereocenters. The number of aliphatic hydroxyl groups is 2. The molecule has 35 heavy (non-hydrogen) atoms. The summed E-state index contributed by atoms with van der Waals surface area (Å²) in [6.45, 7) is 5.68. The van der Waals surface area contributed by atoms with Crippen molar-refractivity contribution in [3.05, 3.63) is 53.5 Å². The number of aromatic nitrogens is 2. The van der Waals surface area contributed by atoms with Crippen molar-refractivity contribution in [3.63, 3.8) is 0 Å². The summed E-state index contributed by atoms with van der Waals surface area (Å²) in [7, 11) is 1.71. The highest BCUT2D eigenvalue weighted by Gasteiger charge is 2.34. The molecule has 186 valence electrons. The summed E-state index contributed by atoms with van der Waals surface area (Å²) in [5.41, 5.74) is 1.37. The molecular weight excluding hydrogens is 448 g/mol. The SMILES string of the molecule is C[C@H](O)C#Cc1cnc2c(c1)C(=O)N([C@@H](C)CO)C[C@H](C)[C@H](CN(C)C(=O)Cc1ccccn1)O2. The average molecular weight is 481 g/mol. The molecule has 2 amide bonds. The molecule has 4 atom stereocenters. The van der Waals surface area contributed by atoms with E-state index in [9.17, 15) is 19.8 Å². The van der Waals surface area contributed by atoms with Crippen LogP contribution in [0.3, 0.4) is 0 Å². The molecule has 0 spiro atoms. The molecular formula is C26H32N4O5. The maximum atomic E-state index is 13.4. The van der Waals surface area contributed by atoms with Crippen LogP contribution in [0.1, 0.15) is 42.4 Å². The first-order chi connectivity index (χ1) is 16.7. The predicted octanol–water partition coefficient (Wildman–Crippen LogP) is 1.13. The Balaban J connectivity index is 1.89. The standard InChI is InChI=1S/C26H32N4O5/c1-17-14-30(18(2)16-31)26(34)22-11-20(9-8-19(3)32)13-28-25(22)35-23(17)15-29(4)24(33)12-21-7-5-6-10-27-21/h5-7,10-11,13,17-19,23,31-32H,12,14-16H2,1-4H3/t17-,18-,19-,23-/m0/s1. The Bertz CT molecular complexity index is 1100. The third-order valence-electron chi connectivity index (χ3n) is 5.88. The number of carbonyl (C=O) groups is 2. The monoisotopic (exact) mass is 480 g/mol. The lowest BCUT2D eigenvalue weighted by Gasteiger charge is -2.37. The van der Waals surface area contributed by atoms with E-state index in [1.54, 1.807) is 55.1 Å². The normalized spacial score (nSPS) is 19.3. The Kier molecular flexibility index (Phi) is 8.79. The van der Waals surface area contributed by atoms with Crippen LogP contribution in [-0.2, 0) is 11.2 Å². The van der Waals surface area contributed by atoms with Crippen molar-refractivity contribution < 1.29 is 24.5 Å². The third-order valence-corrected chi connectivity index (χ3v) is 5.88. The van der Waals surface area contributed by atoms with Gasteiger partial charge >= 0.3 is 0 Å². The van der Waals surface area contributed by atoms with Gasteiger partial charge in [-0.1, -0.05) is 24.8 Å². The lowest BCUT2D eigenvalue weighted by atomic mass is 9.99. The van der Waals surface area contributed by atoms with Gasteiger partial charge in [0.2, 0.25) is 11.8 Å². The summed E-state index contributed by atoms with van der Waals surface area (Å²) in [6.07, 6.45) is 2.04. The Morgan fingerprint density at radius 3 is 2.77 bits per heavy atom. The highest BCUT2D eigenvalue weighted by molar-refractivity contribution is 5.97. The quantitative estimate of drug-likeness (QED) is 0.596. The predicted molar refractivity (Wildman–Crippen MR) is 130 cm³/mol. The molecule has 1 aliphatic heterocycles. The van der Waals surface area contributed by atoms with E-state index < -0.39 is 18.2 Å². The summed E-state index contributed by atoms with van der Waals surface area (Å²) in [4.78, 5) is 38.0. The zero-order valence-corrected chi connectivity index (χ0v) is 20.5. The largest absolute Gasteiger partial charge is 0.472 e. The van der Waals surface area contributed by atoms with E-state index in [1.165, 1.54) is 6.20 Å². The van der Waals surface area contributed by atoms with Crippen LogP contribution < -0.4 is 4.74 Å². The second-order valence-corrected chi connectivity index (χ2v) is 8.92. The molecule has 9 heteroatoms. The fourth-order valence-corrected chi connectivity index (χ4v) is 3.74. The summed E-state index contributed by atoms with van der Waals surface area (Å²) in [5, 5.41) is 19.2. The molecule has 2 aromatic heterocycles. The van der Waals surface area contributed by atoms with E-state index in [1.807, 2.05) is 13.0 Å². The smallest absolute Gasteiger partial charge is 0.259 e. The van der Waals surface area contributed by atoms with Crippen LogP contribution in [0.25, 0.3) is 0 Å². The molecule has 0 radical (unpaired) electrons. The lowest BCUT2D eigenvalue weighted by Crippen LogP contribution is -2.50. The Morgan fingerprint density at radius 2 is 2.11 bits per heavy atom. The summed E-state index contributed by atoms with van der Waals surface area (Å²) in [5.74, 6) is 5.02. The minimum absolute atomic E-state index is 0.102. The van der Waals surface area contributed by atoms with Gasteiger partial charge in [0.15, 0.2) is 0 Å². The van der Waals surface area contributed by atoms with Crippen LogP contribution in [0.15, 0.2) is 36.7 Å². The van der Waals surface area contributed by atoms with Gasteiger partial charge in [0.1, 0.15) is 17.8 Å². The maximum absolute atomic E-state index is 13.4. The molecule has 0 saturated heterocycles. The van der Waals surface area contributed by atoms with Crippen LogP contribution in [0.2, 0.25) is 0 Å². The number of aliphatic hydroxyl groups excluding tert-OH is 2. The molecule has 0 bridgehead atoms. The first-order valence-corrected chi connectivity index (χ1v) is 11.6. The number of fused-ring (bicyclic) bond motifs is 1. The van der Waals surface area contributed by atoms with Crippen molar-refractivity contribution in [1.29, 1.82) is 0 Å². The number of rotatable bonds is 6. The van der Waals surface area contributed by atoms with E-state index in [0.29, 0.717) is 17.8 Å². The third kappa shape index (κ3) is 6.78. The fourth-order valence-electron chi connectivity index (χ4n) is 3.74. The summed E-state index contributed by atoms with van der Waals surface area (Å²) >= 11 is 0. The molecule has 2 aromatic rings. The van der Waals surface area contributed by atoms with Gasteiger partial charge in [-0.15, -0.1) is 0 Å². The van der Waals surface area contributed by atoms with Crippen molar-refractivity contribution >= 4 is 11.8 Å². The Labute approximate surface area is 205 Å². The van der Waals surface area contributed by atoms with E-state index in [2.05, 4.69) is 21.8 Å². The second kappa shape index (κ2) is 11.8. The first-order valence-electron chi connectivity index (χ1n) is 11.6. The highest BCUT2D eigenvalue weighted by Crippen LogP contribution is 2.27. The summed E-state index contributed by atoms with van der Waals surface area (Å²) in [6, 6.07) is 6.60. The molecule has 1 aliphatic rings. The van der Waals surface area contributed by atoms with Gasteiger partial charge in [-0.05, 0) is 32.0 Å². The number of ether oxygens (including phenoxy) is 1. The summed E-state index contributed by atoms with van der Waals surface area (Å²) < 4.78 is 6.20. The minimum Gasteiger partial charge on any atom is -0.472 e. The Hall–Kier alpha value is -3.48. The molecule has 2 N–H and O–H groups in total. The van der Waals surface area contributed by atoms with Crippen molar-refractivity contribution in [2.24, 2.45) is 5.92 Å². The number of likely N-dealkylation sites (N-methyl/N-ethyl adjacent to an activating group) is 1. The number of carbonyl (C=O) groups excluding carboxylic acids is 2. The van der Waals surface area contributed by atoms with Crippen LogP contribution in [0.5, 0.6) is 5.88 Å².